The van der Waals surface area contributed by atoms with E-state index in [1.54, 1.807) is 42.9 Å². The van der Waals surface area contributed by atoms with Crippen LogP contribution >= 0.6 is 11.8 Å². The SMILES string of the molecule is CC(C)c1cccc(NC(=O)c2cccnc2SC(=O)c2ccncc2)c1. The van der Waals surface area contributed by atoms with Crippen molar-refractivity contribution in [1.82, 2.24) is 9.97 Å². The quantitative estimate of drug-likeness (QED) is 0.648. The summed E-state index contributed by atoms with van der Waals surface area (Å²) >= 11 is 0.932. The first-order chi connectivity index (χ1) is 13.0. The minimum Gasteiger partial charge on any atom is -0.322 e. The fourth-order valence-electron chi connectivity index (χ4n) is 2.45. The first kappa shape index (κ1) is 18.8. The van der Waals surface area contributed by atoms with Gasteiger partial charge >= 0.3 is 0 Å². The number of carbonyl (C=O) groups excluding carboxylic acids is 2. The fraction of sp³-hybridized carbons (Fsp3) is 0.143. The van der Waals surface area contributed by atoms with Crippen molar-refractivity contribution in [1.29, 1.82) is 0 Å². The van der Waals surface area contributed by atoms with E-state index < -0.39 is 0 Å². The Kier molecular flexibility index (Phi) is 5.98. The van der Waals surface area contributed by atoms with Crippen LogP contribution in [0.3, 0.4) is 0 Å². The molecule has 0 spiro atoms. The normalized spacial score (nSPS) is 10.6. The summed E-state index contributed by atoms with van der Waals surface area (Å²) < 4.78 is 0. The molecule has 0 aliphatic carbocycles. The maximum atomic E-state index is 12.7. The highest BCUT2D eigenvalue weighted by atomic mass is 32.2. The highest BCUT2D eigenvalue weighted by Gasteiger charge is 2.17. The van der Waals surface area contributed by atoms with Crippen molar-refractivity contribution in [2.45, 2.75) is 24.8 Å². The van der Waals surface area contributed by atoms with Gasteiger partial charge in [-0.1, -0.05) is 26.0 Å². The van der Waals surface area contributed by atoms with Crippen LogP contribution in [-0.2, 0) is 0 Å². The van der Waals surface area contributed by atoms with Crippen molar-refractivity contribution in [3.05, 3.63) is 83.8 Å². The van der Waals surface area contributed by atoms with E-state index in [0.717, 1.165) is 17.3 Å². The lowest BCUT2D eigenvalue weighted by Crippen LogP contribution is -2.14. The van der Waals surface area contributed by atoms with Gasteiger partial charge in [-0.25, -0.2) is 4.98 Å². The summed E-state index contributed by atoms with van der Waals surface area (Å²) in [6.45, 7) is 4.20. The summed E-state index contributed by atoms with van der Waals surface area (Å²) in [6.07, 6.45) is 4.68. The molecular formula is C21H19N3O2S. The monoisotopic (exact) mass is 377 g/mol. The fourth-order valence-corrected chi connectivity index (χ4v) is 3.27. The average molecular weight is 377 g/mol. The molecule has 3 aromatic rings. The van der Waals surface area contributed by atoms with Crippen molar-refractivity contribution in [3.63, 3.8) is 0 Å². The molecule has 0 saturated carbocycles. The Labute approximate surface area is 162 Å². The van der Waals surface area contributed by atoms with Crippen LogP contribution in [0.2, 0.25) is 0 Å². The molecule has 1 N–H and O–H groups in total. The molecule has 0 radical (unpaired) electrons. The molecule has 0 fully saturated rings. The molecule has 0 saturated heterocycles. The number of carbonyl (C=O) groups is 2. The minimum absolute atomic E-state index is 0.188. The van der Waals surface area contributed by atoms with E-state index in [0.29, 0.717) is 27.8 Å². The second kappa shape index (κ2) is 8.60. The number of nitrogens with one attached hydrogen (secondary N) is 1. The van der Waals surface area contributed by atoms with E-state index in [4.69, 9.17) is 0 Å². The maximum absolute atomic E-state index is 12.7. The summed E-state index contributed by atoms with van der Waals surface area (Å²) in [5, 5.41) is 3.08. The van der Waals surface area contributed by atoms with Gasteiger partial charge in [0.1, 0.15) is 5.03 Å². The van der Waals surface area contributed by atoms with Crippen LogP contribution < -0.4 is 5.32 Å². The van der Waals surface area contributed by atoms with Crippen molar-refractivity contribution >= 4 is 28.5 Å². The van der Waals surface area contributed by atoms with E-state index >= 15 is 0 Å². The van der Waals surface area contributed by atoms with E-state index in [-0.39, 0.29) is 11.0 Å². The van der Waals surface area contributed by atoms with Crippen molar-refractivity contribution < 1.29 is 9.59 Å². The second-order valence-corrected chi connectivity index (χ2v) is 7.18. The molecule has 0 atom stereocenters. The smallest absolute Gasteiger partial charge is 0.258 e. The third-order valence-electron chi connectivity index (χ3n) is 3.93. The van der Waals surface area contributed by atoms with Crippen molar-refractivity contribution in [3.8, 4) is 0 Å². The van der Waals surface area contributed by atoms with Gasteiger partial charge in [0, 0.05) is 29.8 Å². The third-order valence-corrected chi connectivity index (χ3v) is 4.87. The molecule has 1 amide bonds. The lowest BCUT2D eigenvalue weighted by molar-refractivity contribution is 0.102. The van der Waals surface area contributed by atoms with Crippen LogP contribution in [0.5, 0.6) is 0 Å². The van der Waals surface area contributed by atoms with Crippen LogP contribution in [0.25, 0.3) is 0 Å². The summed E-state index contributed by atoms with van der Waals surface area (Å²) in [7, 11) is 0. The molecule has 0 aliphatic rings. The lowest BCUT2D eigenvalue weighted by atomic mass is 10.0. The number of anilines is 1. The highest BCUT2D eigenvalue weighted by Crippen LogP contribution is 2.25. The van der Waals surface area contributed by atoms with Crippen LogP contribution in [-0.4, -0.2) is 21.0 Å². The number of aromatic nitrogens is 2. The molecule has 2 heterocycles. The summed E-state index contributed by atoms with van der Waals surface area (Å²) in [4.78, 5) is 33.3. The summed E-state index contributed by atoms with van der Waals surface area (Å²) in [5.74, 6) is 0.0679. The summed E-state index contributed by atoms with van der Waals surface area (Å²) in [5.41, 5.74) is 2.73. The molecule has 2 aromatic heterocycles. The molecular weight excluding hydrogens is 358 g/mol. The molecule has 5 nitrogen and oxygen atoms in total. The number of thioether (sulfide) groups is 1. The zero-order chi connectivity index (χ0) is 19.2. The van der Waals surface area contributed by atoms with Gasteiger partial charge in [-0.2, -0.15) is 0 Å². The Morgan fingerprint density at radius 3 is 2.52 bits per heavy atom. The van der Waals surface area contributed by atoms with Gasteiger partial charge in [0.25, 0.3) is 5.91 Å². The first-order valence-electron chi connectivity index (χ1n) is 8.53. The average Bonchev–Trinajstić information content (AvgIpc) is 2.69. The first-order valence-corrected chi connectivity index (χ1v) is 9.35. The van der Waals surface area contributed by atoms with Gasteiger partial charge in [-0.15, -0.1) is 0 Å². The number of amides is 1. The molecule has 0 unspecified atom stereocenters. The molecule has 27 heavy (non-hydrogen) atoms. The third kappa shape index (κ3) is 4.80. The Morgan fingerprint density at radius 1 is 1.00 bits per heavy atom. The van der Waals surface area contributed by atoms with E-state index in [2.05, 4.69) is 29.1 Å². The number of benzene rings is 1. The minimum atomic E-state index is -0.297. The largest absolute Gasteiger partial charge is 0.322 e. The van der Waals surface area contributed by atoms with Crippen LogP contribution in [0.4, 0.5) is 5.69 Å². The molecule has 0 bridgehead atoms. The standard InChI is InChI=1S/C21H19N3O2S/c1-14(2)16-5-3-6-17(13-16)24-19(25)18-7-4-10-23-20(18)27-21(26)15-8-11-22-12-9-15/h3-14H,1-2H3,(H,24,25). The predicted molar refractivity (Wildman–Crippen MR) is 107 cm³/mol. The molecule has 6 heteroatoms. The van der Waals surface area contributed by atoms with Gasteiger partial charge < -0.3 is 5.32 Å². The Morgan fingerprint density at radius 2 is 1.78 bits per heavy atom. The lowest BCUT2D eigenvalue weighted by Gasteiger charge is -2.11. The van der Waals surface area contributed by atoms with Gasteiger partial charge in [0.05, 0.1) is 5.56 Å². The van der Waals surface area contributed by atoms with Crippen LogP contribution in [0, 0.1) is 0 Å². The van der Waals surface area contributed by atoms with Crippen molar-refractivity contribution in [2.24, 2.45) is 0 Å². The number of pyridine rings is 2. The highest BCUT2D eigenvalue weighted by molar-refractivity contribution is 8.14. The Hall–Kier alpha value is -2.99. The maximum Gasteiger partial charge on any atom is 0.258 e. The van der Waals surface area contributed by atoms with E-state index in [1.165, 1.54) is 0 Å². The number of rotatable bonds is 5. The van der Waals surface area contributed by atoms with Gasteiger partial charge in [-0.3, -0.25) is 14.6 Å². The molecule has 1 aromatic carbocycles. The van der Waals surface area contributed by atoms with Crippen molar-refractivity contribution in [2.75, 3.05) is 5.32 Å². The topological polar surface area (TPSA) is 72.0 Å². The number of nitrogens with zero attached hydrogens (tertiary/aromatic N) is 2. The van der Waals surface area contributed by atoms with Crippen LogP contribution in [0.1, 0.15) is 46.0 Å². The second-order valence-electron chi connectivity index (χ2n) is 6.22. The van der Waals surface area contributed by atoms with Gasteiger partial charge in [0.2, 0.25) is 5.12 Å². The molecule has 136 valence electrons. The Bertz CT molecular complexity index is 958. The number of hydrogen-bond donors (Lipinski definition) is 1. The zero-order valence-electron chi connectivity index (χ0n) is 15.0. The Balaban J connectivity index is 1.80. The van der Waals surface area contributed by atoms with Gasteiger partial charge in [0.15, 0.2) is 0 Å². The van der Waals surface area contributed by atoms with Gasteiger partial charge in [-0.05, 0) is 59.6 Å². The molecule has 0 aliphatic heterocycles. The predicted octanol–water partition coefficient (Wildman–Crippen LogP) is 4.78. The van der Waals surface area contributed by atoms with Crippen LogP contribution in [0.15, 0.2) is 72.1 Å². The molecule has 3 rings (SSSR count). The summed E-state index contributed by atoms with van der Waals surface area (Å²) in [6, 6.07) is 14.3. The van der Waals surface area contributed by atoms with E-state index in [9.17, 15) is 9.59 Å². The zero-order valence-corrected chi connectivity index (χ0v) is 15.9. The van der Waals surface area contributed by atoms with E-state index in [1.807, 2.05) is 24.3 Å². The number of hydrogen-bond acceptors (Lipinski definition) is 5.